The number of hydrogen-bond donors (Lipinski definition) is 0. The Morgan fingerprint density at radius 3 is 2.48 bits per heavy atom. The van der Waals surface area contributed by atoms with E-state index < -0.39 is 36.2 Å². The molecule has 3 heterocycles. The van der Waals surface area contributed by atoms with Gasteiger partial charge in [-0.05, 0) is 75.8 Å². The van der Waals surface area contributed by atoms with E-state index in [1.807, 2.05) is 6.07 Å². The van der Waals surface area contributed by atoms with E-state index in [-0.39, 0.29) is 29.5 Å². The van der Waals surface area contributed by atoms with Crippen molar-refractivity contribution in [1.29, 1.82) is 0 Å². The van der Waals surface area contributed by atoms with Gasteiger partial charge in [0.15, 0.2) is 24.0 Å². The second-order valence-corrected chi connectivity index (χ2v) is 13.2. The van der Waals surface area contributed by atoms with Crippen LogP contribution in [0, 0.1) is 0 Å². The van der Waals surface area contributed by atoms with Crippen LogP contribution in [0.5, 0.6) is 11.5 Å². The van der Waals surface area contributed by atoms with Crippen LogP contribution < -0.4 is 14.4 Å². The molecule has 0 aliphatic carbocycles. The number of hydrogen-bond acceptors (Lipinski definition) is 9. The third-order valence-electron chi connectivity index (χ3n) is 7.95. The van der Waals surface area contributed by atoms with Crippen molar-refractivity contribution in [3.63, 3.8) is 0 Å². The molecular formula is C34H41BrN2O9. The first-order valence-electron chi connectivity index (χ1n) is 15.3. The van der Waals surface area contributed by atoms with E-state index in [2.05, 4.69) is 22.5 Å². The normalized spacial score (nSPS) is 21.3. The topological polar surface area (TPSA) is 113 Å². The highest BCUT2D eigenvalue weighted by molar-refractivity contribution is 9.08. The predicted octanol–water partition coefficient (Wildman–Crippen LogP) is 6.35. The van der Waals surface area contributed by atoms with Gasteiger partial charge in [-0.25, -0.2) is 14.5 Å². The van der Waals surface area contributed by atoms with E-state index in [1.54, 1.807) is 49.9 Å². The molecule has 46 heavy (non-hydrogen) atoms. The molecule has 2 fully saturated rings. The molecule has 3 atom stereocenters. The standard InChI is InChI=1S/C34H41BrN2O9/c1-20-11-26-31(45-29-9-7-8-10-43-29)37(33(40)46-34(2,3)4)25-16-28(27(41-5)15-24(25)30(38)36(26)18-20)44-19-22-12-21(17-35)13-23(14-22)32(39)42-6/h12-16,26,29,31H,1,7-11,17-19H2,2-6H3/t26-,29?,31-/m0/s1. The Bertz CT molecular complexity index is 1500. The van der Waals surface area contributed by atoms with Gasteiger partial charge in [0, 0.05) is 24.5 Å². The van der Waals surface area contributed by atoms with Gasteiger partial charge in [0.2, 0.25) is 0 Å². The molecule has 2 amide bonds. The molecule has 2 aromatic rings. The van der Waals surface area contributed by atoms with Crippen molar-refractivity contribution in [1.82, 2.24) is 4.90 Å². The zero-order chi connectivity index (χ0) is 33.2. The van der Waals surface area contributed by atoms with E-state index in [1.165, 1.54) is 19.1 Å². The van der Waals surface area contributed by atoms with Crippen LogP contribution in [0.25, 0.3) is 0 Å². The molecule has 0 radical (unpaired) electrons. The molecule has 0 bridgehead atoms. The maximum atomic E-state index is 14.2. The predicted molar refractivity (Wildman–Crippen MR) is 173 cm³/mol. The molecule has 3 aliphatic heterocycles. The Balaban J connectivity index is 1.60. The van der Waals surface area contributed by atoms with Gasteiger partial charge in [-0.1, -0.05) is 34.1 Å². The number of carbonyl (C=O) groups excluding carboxylic acids is 3. The number of anilines is 1. The lowest BCUT2D eigenvalue weighted by Crippen LogP contribution is -2.54. The van der Waals surface area contributed by atoms with Gasteiger partial charge in [0.25, 0.3) is 5.91 Å². The summed E-state index contributed by atoms with van der Waals surface area (Å²) in [4.78, 5) is 43.7. The second kappa shape index (κ2) is 14.0. The van der Waals surface area contributed by atoms with Crippen LogP contribution in [0.2, 0.25) is 0 Å². The lowest BCUT2D eigenvalue weighted by molar-refractivity contribution is -0.195. The smallest absolute Gasteiger partial charge is 0.417 e. The molecule has 248 valence electrons. The van der Waals surface area contributed by atoms with Gasteiger partial charge < -0.3 is 33.3 Å². The van der Waals surface area contributed by atoms with Gasteiger partial charge in [-0.2, -0.15) is 0 Å². The molecule has 0 spiro atoms. The minimum Gasteiger partial charge on any atom is -0.493 e. The Morgan fingerprint density at radius 1 is 1.07 bits per heavy atom. The van der Waals surface area contributed by atoms with Crippen molar-refractivity contribution in [3.05, 3.63) is 64.7 Å². The minimum atomic E-state index is -0.929. The fourth-order valence-electron chi connectivity index (χ4n) is 5.92. The van der Waals surface area contributed by atoms with Gasteiger partial charge >= 0.3 is 12.1 Å². The molecule has 2 saturated heterocycles. The van der Waals surface area contributed by atoms with Crippen LogP contribution in [-0.2, 0) is 30.9 Å². The summed E-state index contributed by atoms with van der Waals surface area (Å²) in [5.74, 6) is -0.175. The number of carbonyl (C=O) groups is 3. The molecule has 0 saturated carbocycles. The highest BCUT2D eigenvalue weighted by Gasteiger charge is 2.49. The molecule has 0 aromatic heterocycles. The monoisotopic (exact) mass is 700 g/mol. The van der Waals surface area contributed by atoms with Crippen molar-refractivity contribution < 1.29 is 42.8 Å². The number of esters is 1. The van der Waals surface area contributed by atoms with E-state index in [0.29, 0.717) is 48.2 Å². The maximum Gasteiger partial charge on any atom is 0.417 e. The zero-order valence-corrected chi connectivity index (χ0v) is 28.5. The first kappa shape index (κ1) is 33.7. The minimum absolute atomic E-state index is 0.0603. The lowest BCUT2D eigenvalue weighted by atomic mass is 10.1. The molecule has 2 aromatic carbocycles. The SMILES string of the molecule is C=C1C[C@H]2[C@H](OC3CCCCO3)N(C(=O)OC(C)(C)C)c3cc(OCc4cc(CBr)cc(C(=O)OC)c4)c(OC)cc3C(=O)N2C1. The average molecular weight is 702 g/mol. The fraction of sp³-hybridized carbons (Fsp3) is 0.500. The fourth-order valence-corrected chi connectivity index (χ4v) is 6.24. The summed E-state index contributed by atoms with van der Waals surface area (Å²) in [5.41, 5.74) is 2.49. The Morgan fingerprint density at radius 2 is 1.83 bits per heavy atom. The molecular weight excluding hydrogens is 660 g/mol. The Labute approximate surface area is 277 Å². The second-order valence-electron chi connectivity index (χ2n) is 12.6. The maximum absolute atomic E-state index is 14.2. The van der Waals surface area contributed by atoms with E-state index in [0.717, 1.165) is 24.0 Å². The van der Waals surface area contributed by atoms with Crippen molar-refractivity contribution in [2.24, 2.45) is 0 Å². The number of nitrogens with zero attached hydrogens (tertiary/aromatic N) is 2. The number of ether oxygens (including phenoxy) is 6. The molecule has 1 unspecified atom stereocenters. The number of benzene rings is 2. The zero-order valence-electron chi connectivity index (χ0n) is 26.9. The van der Waals surface area contributed by atoms with Gasteiger partial charge in [0.1, 0.15) is 12.2 Å². The summed E-state index contributed by atoms with van der Waals surface area (Å²) in [6.07, 6.45) is 0.787. The molecule has 5 rings (SSSR count). The van der Waals surface area contributed by atoms with Gasteiger partial charge in [0.05, 0.1) is 37.1 Å². The van der Waals surface area contributed by atoms with E-state index in [4.69, 9.17) is 28.4 Å². The summed E-state index contributed by atoms with van der Waals surface area (Å²) in [5, 5.41) is 0.524. The van der Waals surface area contributed by atoms with Crippen molar-refractivity contribution in [2.75, 3.05) is 32.3 Å². The molecule has 3 aliphatic rings. The summed E-state index contributed by atoms with van der Waals surface area (Å²) in [6, 6.07) is 8.01. The van der Waals surface area contributed by atoms with Crippen molar-refractivity contribution in [2.45, 2.75) is 82.6 Å². The molecule has 12 heteroatoms. The van der Waals surface area contributed by atoms with Crippen molar-refractivity contribution in [3.8, 4) is 11.5 Å². The van der Waals surface area contributed by atoms with Crippen LogP contribution >= 0.6 is 15.9 Å². The Kier molecular flexibility index (Phi) is 10.3. The summed E-state index contributed by atoms with van der Waals surface area (Å²) < 4.78 is 35.3. The first-order valence-corrected chi connectivity index (χ1v) is 16.4. The Hall–Kier alpha value is -3.61. The summed E-state index contributed by atoms with van der Waals surface area (Å²) >= 11 is 3.45. The van der Waals surface area contributed by atoms with Crippen LogP contribution in [-0.4, -0.2) is 74.4 Å². The lowest BCUT2D eigenvalue weighted by Gasteiger charge is -2.39. The largest absolute Gasteiger partial charge is 0.493 e. The number of fused-ring (bicyclic) bond motifs is 2. The third kappa shape index (κ3) is 7.34. The highest BCUT2D eigenvalue weighted by Crippen LogP contribution is 2.43. The number of methoxy groups -OCH3 is 2. The quantitative estimate of drug-likeness (QED) is 0.177. The molecule has 11 nitrogen and oxygen atoms in total. The van der Waals surface area contributed by atoms with E-state index in [9.17, 15) is 14.4 Å². The number of halogens is 1. The van der Waals surface area contributed by atoms with Crippen LogP contribution in [0.15, 0.2) is 42.5 Å². The highest BCUT2D eigenvalue weighted by atomic mass is 79.9. The summed E-state index contributed by atoms with van der Waals surface area (Å²) in [7, 11) is 2.81. The van der Waals surface area contributed by atoms with E-state index >= 15 is 0 Å². The van der Waals surface area contributed by atoms with Gasteiger partial charge in [-0.3, -0.25) is 4.79 Å². The van der Waals surface area contributed by atoms with Crippen molar-refractivity contribution >= 4 is 39.6 Å². The number of amides is 2. The van der Waals surface area contributed by atoms with Crippen LogP contribution in [0.4, 0.5) is 10.5 Å². The van der Waals surface area contributed by atoms with Crippen LogP contribution in [0.3, 0.4) is 0 Å². The first-order chi connectivity index (χ1) is 21.9. The summed E-state index contributed by atoms with van der Waals surface area (Å²) in [6.45, 7) is 10.4. The third-order valence-corrected chi connectivity index (χ3v) is 8.60. The van der Waals surface area contributed by atoms with Crippen LogP contribution in [0.1, 0.15) is 78.3 Å². The molecule has 0 N–H and O–H groups in total. The number of alkyl halides is 1. The average Bonchev–Trinajstić information content (AvgIpc) is 3.39. The number of rotatable bonds is 8. The van der Waals surface area contributed by atoms with Gasteiger partial charge in [-0.15, -0.1) is 0 Å².